The van der Waals surface area contributed by atoms with Gasteiger partial charge in [-0.25, -0.2) is 4.98 Å². The molecule has 0 aliphatic rings. The molecule has 2 aromatic rings. The van der Waals surface area contributed by atoms with Gasteiger partial charge in [-0.1, -0.05) is 11.6 Å². The quantitative estimate of drug-likeness (QED) is 0.677. The minimum absolute atomic E-state index is 0. The Kier molecular flexibility index (Phi) is 9.79. The molecule has 2 heterocycles. The van der Waals surface area contributed by atoms with Crippen molar-refractivity contribution in [1.29, 1.82) is 0 Å². The van der Waals surface area contributed by atoms with Gasteiger partial charge in [0.15, 0.2) is 0 Å². The molecule has 0 aromatic carbocycles. The molecule has 0 spiro atoms. The number of carbonyl (C=O) groups is 1. The van der Waals surface area contributed by atoms with E-state index < -0.39 is 17.6 Å². The highest BCUT2D eigenvalue weighted by atomic mass is 35.5. The molecule has 0 saturated heterocycles. The van der Waals surface area contributed by atoms with E-state index in [0.29, 0.717) is 17.5 Å². The molecular weight excluding hydrogens is 422 g/mol. The number of furan rings is 1. The normalized spacial score (nSPS) is 10.5. The maximum Gasteiger partial charge on any atom is 0.417 e. The van der Waals surface area contributed by atoms with Crippen LogP contribution in [0.3, 0.4) is 0 Å². The highest BCUT2D eigenvalue weighted by molar-refractivity contribution is 6.31. The molecule has 0 aliphatic heterocycles. The smallest absolute Gasteiger partial charge is 0.417 e. The van der Waals surface area contributed by atoms with E-state index in [9.17, 15) is 18.0 Å². The van der Waals surface area contributed by atoms with E-state index in [2.05, 4.69) is 10.3 Å². The summed E-state index contributed by atoms with van der Waals surface area (Å²) in [6.45, 7) is 0.251. The number of carbonyl (C=O) groups excluding carboxylic acids is 1. The number of nitrogens with two attached hydrogens (primary N) is 1. The largest absolute Gasteiger partial charge is 0.475 e. The second kappa shape index (κ2) is 10.5. The Balaban J connectivity index is 0.00000312. The Hall–Kier alpha value is -1.68. The van der Waals surface area contributed by atoms with Crippen LogP contribution in [0.4, 0.5) is 13.2 Å². The van der Waals surface area contributed by atoms with Gasteiger partial charge in [0.05, 0.1) is 24.2 Å². The molecule has 0 bridgehead atoms. The molecule has 0 aliphatic carbocycles. The third-order valence-corrected chi connectivity index (χ3v) is 3.15. The molecule has 0 fully saturated rings. The predicted octanol–water partition coefficient (Wildman–Crippen LogP) is 3.46. The summed E-state index contributed by atoms with van der Waals surface area (Å²) < 4.78 is 47.6. The van der Waals surface area contributed by atoms with E-state index in [1.165, 1.54) is 12.3 Å². The minimum atomic E-state index is -4.53. The topological polar surface area (TPSA) is 90.4 Å². The third kappa shape index (κ3) is 6.56. The van der Waals surface area contributed by atoms with Crippen molar-refractivity contribution in [2.45, 2.75) is 12.7 Å². The minimum Gasteiger partial charge on any atom is -0.475 e. The van der Waals surface area contributed by atoms with Gasteiger partial charge in [0, 0.05) is 6.20 Å². The summed E-state index contributed by atoms with van der Waals surface area (Å²) in [5, 5.41) is 2.28. The van der Waals surface area contributed by atoms with Gasteiger partial charge < -0.3 is 20.2 Å². The van der Waals surface area contributed by atoms with Gasteiger partial charge in [-0.2, -0.15) is 13.2 Å². The Morgan fingerprint density at radius 1 is 1.35 bits per heavy atom. The van der Waals surface area contributed by atoms with Gasteiger partial charge in [0.2, 0.25) is 5.88 Å². The molecule has 6 nitrogen and oxygen atoms in total. The Labute approximate surface area is 164 Å². The number of amides is 1. The van der Waals surface area contributed by atoms with Crippen molar-refractivity contribution in [1.82, 2.24) is 10.3 Å². The zero-order chi connectivity index (χ0) is 17.7. The lowest BCUT2D eigenvalue weighted by Crippen LogP contribution is -2.27. The lowest BCUT2D eigenvalue weighted by atomic mass is 10.3. The van der Waals surface area contributed by atoms with Crippen LogP contribution in [0, 0.1) is 0 Å². The fourth-order valence-electron chi connectivity index (χ4n) is 1.71. The zero-order valence-corrected chi connectivity index (χ0v) is 15.4. The van der Waals surface area contributed by atoms with E-state index in [1.54, 1.807) is 0 Å². The number of aromatic nitrogens is 1. The van der Waals surface area contributed by atoms with Crippen LogP contribution in [0.15, 0.2) is 29.0 Å². The lowest BCUT2D eigenvalue weighted by Gasteiger charge is -2.10. The Morgan fingerprint density at radius 2 is 2.04 bits per heavy atom. The molecule has 26 heavy (non-hydrogen) atoms. The maximum atomic E-state index is 12.5. The number of rotatable bonds is 6. The summed E-state index contributed by atoms with van der Waals surface area (Å²) >= 11 is 5.69. The number of nitrogens with one attached hydrogen (secondary N) is 1. The molecule has 0 radical (unpaired) electrons. The standard InChI is InChI=1S/C14H13ClF3N3O3.2ClH/c15-11-4-9(14(16,17)18)6-21-13(11)23-2-1-20-12(22)8-3-10(5-19)24-7-8;;/h3-4,6-7H,1-2,5,19H2,(H,20,22);2*1H. The van der Waals surface area contributed by atoms with Crippen molar-refractivity contribution < 1.29 is 27.1 Å². The first kappa shape index (κ1) is 24.3. The highest BCUT2D eigenvalue weighted by Crippen LogP contribution is 2.32. The molecule has 3 N–H and O–H groups in total. The Morgan fingerprint density at radius 3 is 2.58 bits per heavy atom. The van der Waals surface area contributed by atoms with Crippen molar-refractivity contribution >= 4 is 42.3 Å². The van der Waals surface area contributed by atoms with Crippen molar-refractivity contribution in [3.8, 4) is 5.88 Å². The number of alkyl halides is 3. The molecule has 0 atom stereocenters. The van der Waals surface area contributed by atoms with Crippen LogP contribution < -0.4 is 15.8 Å². The van der Waals surface area contributed by atoms with E-state index in [0.717, 1.165) is 6.07 Å². The summed E-state index contributed by atoms with van der Waals surface area (Å²) in [7, 11) is 0. The van der Waals surface area contributed by atoms with Crippen LogP contribution in [-0.2, 0) is 12.7 Å². The van der Waals surface area contributed by atoms with Gasteiger partial charge in [0.25, 0.3) is 5.91 Å². The number of halogens is 6. The van der Waals surface area contributed by atoms with Crippen LogP contribution in [0.1, 0.15) is 21.7 Å². The van der Waals surface area contributed by atoms with Gasteiger partial charge in [0.1, 0.15) is 23.7 Å². The number of pyridine rings is 1. The van der Waals surface area contributed by atoms with E-state index >= 15 is 0 Å². The second-order valence-electron chi connectivity index (χ2n) is 4.62. The van der Waals surface area contributed by atoms with Crippen LogP contribution in [0.5, 0.6) is 5.88 Å². The predicted molar refractivity (Wildman–Crippen MR) is 93.2 cm³/mol. The molecule has 0 saturated carbocycles. The monoisotopic (exact) mass is 435 g/mol. The Bertz CT molecular complexity index is 726. The summed E-state index contributed by atoms with van der Waals surface area (Å²) in [6, 6.07) is 2.23. The molecule has 0 unspecified atom stereocenters. The first-order valence-corrected chi connectivity index (χ1v) is 7.10. The van der Waals surface area contributed by atoms with E-state index in [4.69, 9.17) is 26.5 Å². The van der Waals surface area contributed by atoms with E-state index in [-0.39, 0.29) is 55.4 Å². The second-order valence-corrected chi connectivity index (χ2v) is 5.03. The van der Waals surface area contributed by atoms with E-state index in [1.807, 2.05) is 0 Å². The molecule has 12 heteroatoms. The van der Waals surface area contributed by atoms with Crippen molar-refractivity contribution in [3.63, 3.8) is 0 Å². The fourth-order valence-corrected chi connectivity index (χ4v) is 1.93. The van der Waals surface area contributed by atoms with Crippen LogP contribution in [-0.4, -0.2) is 24.0 Å². The average molecular weight is 437 g/mol. The first-order valence-electron chi connectivity index (χ1n) is 6.72. The van der Waals surface area contributed by atoms with Gasteiger partial charge in [-0.05, 0) is 12.1 Å². The summed E-state index contributed by atoms with van der Waals surface area (Å²) in [5.41, 5.74) is 4.70. The van der Waals surface area contributed by atoms with Crippen molar-refractivity contribution in [3.05, 3.63) is 46.5 Å². The SMILES string of the molecule is Cl.Cl.NCc1cc(C(=O)NCCOc2ncc(C(F)(F)F)cc2Cl)co1. The van der Waals surface area contributed by atoms with Crippen LogP contribution in [0.2, 0.25) is 5.02 Å². The molecular formula is C14H15Cl3F3N3O3. The highest BCUT2D eigenvalue weighted by Gasteiger charge is 2.31. The van der Waals surface area contributed by atoms with Gasteiger partial charge in [-0.3, -0.25) is 4.79 Å². The average Bonchev–Trinajstić information content (AvgIpc) is 3.00. The molecule has 2 aromatic heterocycles. The summed E-state index contributed by atoms with van der Waals surface area (Å²) in [4.78, 5) is 15.3. The summed E-state index contributed by atoms with van der Waals surface area (Å²) in [6.07, 6.45) is -2.64. The number of hydrogen-bond acceptors (Lipinski definition) is 5. The van der Waals surface area contributed by atoms with Crippen LogP contribution in [0.25, 0.3) is 0 Å². The van der Waals surface area contributed by atoms with Crippen molar-refractivity contribution in [2.24, 2.45) is 5.73 Å². The maximum absolute atomic E-state index is 12.5. The zero-order valence-electron chi connectivity index (χ0n) is 13.0. The first-order chi connectivity index (χ1) is 11.3. The van der Waals surface area contributed by atoms with Gasteiger partial charge in [-0.15, -0.1) is 24.8 Å². The summed E-state index contributed by atoms with van der Waals surface area (Å²) in [5.74, 6) is -0.0710. The van der Waals surface area contributed by atoms with Crippen molar-refractivity contribution in [2.75, 3.05) is 13.2 Å². The van der Waals surface area contributed by atoms with Crippen LogP contribution >= 0.6 is 36.4 Å². The fraction of sp³-hybridized carbons (Fsp3) is 0.286. The lowest BCUT2D eigenvalue weighted by molar-refractivity contribution is -0.137. The number of nitrogens with zero attached hydrogens (tertiary/aromatic N) is 1. The number of ether oxygens (including phenoxy) is 1. The molecule has 2 rings (SSSR count). The van der Waals surface area contributed by atoms with Gasteiger partial charge >= 0.3 is 6.18 Å². The molecule has 1 amide bonds. The third-order valence-electron chi connectivity index (χ3n) is 2.88. The molecule has 146 valence electrons. The number of hydrogen-bond donors (Lipinski definition) is 2.